The van der Waals surface area contributed by atoms with Crippen LogP contribution in [-0.2, 0) is 16.1 Å². The molecule has 1 aromatic rings. The minimum atomic E-state index is -0.449. The number of carbonyl (C=O) groups excluding carboxylic acids is 2. The van der Waals surface area contributed by atoms with Gasteiger partial charge < -0.3 is 9.80 Å². The summed E-state index contributed by atoms with van der Waals surface area (Å²) in [6, 6.07) is 2.68. The van der Waals surface area contributed by atoms with E-state index in [1.807, 2.05) is 7.05 Å². The molecule has 124 valence electrons. The third kappa shape index (κ3) is 2.97. The number of likely N-dealkylation sites (tertiary alicyclic amines) is 2. The van der Waals surface area contributed by atoms with E-state index in [0.29, 0.717) is 19.5 Å². The molecule has 1 spiro atoms. The number of nitrogens with zero attached hydrogens (tertiary/aromatic N) is 4. The molecule has 2 aliphatic rings. The van der Waals surface area contributed by atoms with E-state index in [1.54, 1.807) is 9.80 Å². The van der Waals surface area contributed by atoms with Gasteiger partial charge in [0.05, 0.1) is 5.41 Å². The molecule has 2 saturated heterocycles. The third-order valence-electron chi connectivity index (χ3n) is 4.77. The zero-order valence-corrected chi connectivity index (χ0v) is 13.8. The first-order valence-electron chi connectivity index (χ1n) is 7.68. The summed E-state index contributed by atoms with van der Waals surface area (Å²) >= 11 is 5.77. The van der Waals surface area contributed by atoms with E-state index in [0.717, 1.165) is 24.1 Å². The van der Waals surface area contributed by atoms with Crippen molar-refractivity contribution in [3.63, 3.8) is 0 Å². The average Bonchev–Trinajstić information content (AvgIpc) is 2.94. The summed E-state index contributed by atoms with van der Waals surface area (Å²) in [4.78, 5) is 40.1. The second-order valence-electron chi connectivity index (χ2n) is 6.33. The Kier molecular flexibility index (Phi) is 4.14. The van der Waals surface area contributed by atoms with Gasteiger partial charge in [0, 0.05) is 32.7 Å². The molecule has 3 heterocycles. The molecule has 8 heteroatoms. The van der Waals surface area contributed by atoms with Gasteiger partial charge in [-0.05, 0) is 25.3 Å². The zero-order chi connectivity index (χ0) is 16.6. The van der Waals surface area contributed by atoms with Crippen molar-refractivity contribution in [2.75, 3.05) is 26.7 Å². The number of hydrogen-bond acceptors (Lipinski definition) is 4. The Morgan fingerprint density at radius 1 is 1.30 bits per heavy atom. The Hall–Kier alpha value is -1.89. The fourth-order valence-electron chi connectivity index (χ4n) is 3.50. The quantitative estimate of drug-likeness (QED) is 0.780. The number of halogens is 1. The minimum absolute atomic E-state index is 0.122. The average molecular weight is 339 g/mol. The Labute approximate surface area is 138 Å². The Morgan fingerprint density at radius 3 is 2.87 bits per heavy atom. The van der Waals surface area contributed by atoms with Crippen LogP contribution in [0.25, 0.3) is 0 Å². The maximum atomic E-state index is 12.5. The van der Waals surface area contributed by atoms with Gasteiger partial charge in [0.25, 0.3) is 5.56 Å². The van der Waals surface area contributed by atoms with E-state index in [9.17, 15) is 14.4 Å². The smallest absolute Gasteiger partial charge is 0.267 e. The highest BCUT2D eigenvalue weighted by atomic mass is 35.5. The summed E-state index contributed by atoms with van der Waals surface area (Å²) in [6.45, 7) is 1.58. The fraction of sp³-hybridized carbons (Fsp3) is 0.600. The summed E-state index contributed by atoms with van der Waals surface area (Å²) in [5, 5.41) is 4.03. The summed E-state index contributed by atoms with van der Waals surface area (Å²) < 4.78 is 1.06. The number of hydrogen-bond donors (Lipinski definition) is 0. The lowest BCUT2D eigenvalue weighted by Crippen LogP contribution is -2.49. The van der Waals surface area contributed by atoms with Gasteiger partial charge in [-0.2, -0.15) is 5.10 Å². The molecule has 1 aromatic heterocycles. The summed E-state index contributed by atoms with van der Waals surface area (Å²) in [5.41, 5.74) is -0.819. The van der Waals surface area contributed by atoms with Crippen LogP contribution in [0.1, 0.15) is 19.3 Å². The maximum absolute atomic E-state index is 12.5. The molecule has 23 heavy (non-hydrogen) atoms. The Balaban J connectivity index is 1.71. The van der Waals surface area contributed by atoms with E-state index in [2.05, 4.69) is 5.10 Å². The highest BCUT2D eigenvalue weighted by molar-refractivity contribution is 6.29. The van der Waals surface area contributed by atoms with Crippen LogP contribution >= 0.6 is 11.6 Å². The second kappa shape index (κ2) is 5.96. The predicted octanol–water partition coefficient (Wildman–Crippen LogP) is 0.368. The minimum Gasteiger partial charge on any atom is -0.345 e. The summed E-state index contributed by atoms with van der Waals surface area (Å²) in [7, 11) is 1.81. The van der Waals surface area contributed by atoms with Gasteiger partial charge in [0.15, 0.2) is 0 Å². The number of aromatic nitrogens is 2. The van der Waals surface area contributed by atoms with E-state index >= 15 is 0 Å². The molecular formula is C15H19ClN4O3. The first-order valence-corrected chi connectivity index (χ1v) is 8.06. The number of carbonyl (C=O) groups is 2. The van der Waals surface area contributed by atoms with Crippen LogP contribution < -0.4 is 5.56 Å². The molecule has 0 radical (unpaired) electrons. The molecule has 2 amide bonds. The SMILES string of the molecule is CN1CCC[C@]2(CCN(C(=O)Cn3nc(Cl)ccc3=O)C2)C1=O. The normalized spacial score (nSPS) is 24.5. The largest absolute Gasteiger partial charge is 0.345 e. The van der Waals surface area contributed by atoms with Crippen LogP contribution in [0.4, 0.5) is 0 Å². The standard InChI is InChI=1S/C15H19ClN4O3/c1-18-7-2-5-15(14(18)23)6-8-19(10-15)13(22)9-20-12(21)4-3-11(16)17-20/h3-4H,2,5-10H2,1H3/t15-/m1/s1. The molecule has 2 fully saturated rings. The lowest BCUT2D eigenvalue weighted by molar-refractivity contribution is -0.144. The van der Waals surface area contributed by atoms with Crippen LogP contribution in [0.2, 0.25) is 5.15 Å². The highest BCUT2D eigenvalue weighted by Crippen LogP contribution is 2.39. The van der Waals surface area contributed by atoms with Crippen LogP contribution in [-0.4, -0.2) is 58.1 Å². The molecule has 7 nitrogen and oxygen atoms in total. The van der Waals surface area contributed by atoms with E-state index in [1.165, 1.54) is 12.1 Å². The van der Waals surface area contributed by atoms with Crippen molar-refractivity contribution in [2.45, 2.75) is 25.8 Å². The molecule has 0 aromatic carbocycles. The van der Waals surface area contributed by atoms with E-state index in [-0.39, 0.29) is 29.1 Å². The van der Waals surface area contributed by atoms with Crippen molar-refractivity contribution in [3.05, 3.63) is 27.6 Å². The lowest BCUT2D eigenvalue weighted by Gasteiger charge is -2.37. The van der Waals surface area contributed by atoms with Gasteiger partial charge in [-0.15, -0.1) is 0 Å². The van der Waals surface area contributed by atoms with Gasteiger partial charge in [-0.1, -0.05) is 11.6 Å². The zero-order valence-electron chi connectivity index (χ0n) is 13.0. The molecule has 0 bridgehead atoms. The van der Waals surface area contributed by atoms with Crippen LogP contribution in [0, 0.1) is 5.41 Å². The monoisotopic (exact) mass is 338 g/mol. The van der Waals surface area contributed by atoms with Gasteiger partial charge in [0.2, 0.25) is 11.8 Å². The number of amides is 2. The second-order valence-corrected chi connectivity index (χ2v) is 6.72. The summed E-state index contributed by atoms with van der Waals surface area (Å²) in [5.74, 6) is -0.0862. The maximum Gasteiger partial charge on any atom is 0.267 e. The summed E-state index contributed by atoms with van der Waals surface area (Å²) in [6.07, 6.45) is 2.45. The van der Waals surface area contributed by atoms with Crippen LogP contribution in [0.5, 0.6) is 0 Å². The van der Waals surface area contributed by atoms with Crippen LogP contribution in [0.15, 0.2) is 16.9 Å². The number of piperidine rings is 1. The molecule has 0 aliphatic carbocycles. The molecule has 0 saturated carbocycles. The van der Waals surface area contributed by atoms with Crippen molar-refractivity contribution < 1.29 is 9.59 Å². The molecule has 1 atom stereocenters. The predicted molar refractivity (Wildman–Crippen MR) is 84.0 cm³/mol. The van der Waals surface area contributed by atoms with E-state index in [4.69, 9.17) is 11.6 Å². The molecule has 3 rings (SSSR count). The Morgan fingerprint density at radius 2 is 2.09 bits per heavy atom. The van der Waals surface area contributed by atoms with Gasteiger partial charge >= 0.3 is 0 Å². The first kappa shape index (κ1) is 16.0. The van der Waals surface area contributed by atoms with Gasteiger partial charge in [-0.3, -0.25) is 14.4 Å². The van der Waals surface area contributed by atoms with Crippen molar-refractivity contribution in [1.29, 1.82) is 0 Å². The van der Waals surface area contributed by atoms with Crippen molar-refractivity contribution in [1.82, 2.24) is 19.6 Å². The lowest BCUT2D eigenvalue weighted by atomic mass is 9.78. The van der Waals surface area contributed by atoms with Crippen LogP contribution in [0.3, 0.4) is 0 Å². The topological polar surface area (TPSA) is 75.5 Å². The Bertz CT molecular complexity index is 704. The molecule has 2 aliphatic heterocycles. The van der Waals surface area contributed by atoms with E-state index < -0.39 is 5.41 Å². The van der Waals surface area contributed by atoms with Gasteiger partial charge in [0.1, 0.15) is 11.7 Å². The number of rotatable bonds is 2. The third-order valence-corrected chi connectivity index (χ3v) is 4.98. The van der Waals surface area contributed by atoms with Crippen molar-refractivity contribution in [3.8, 4) is 0 Å². The molecular weight excluding hydrogens is 320 g/mol. The van der Waals surface area contributed by atoms with Crippen molar-refractivity contribution in [2.24, 2.45) is 5.41 Å². The van der Waals surface area contributed by atoms with Crippen molar-refractivity contribution >= 4 is 23.4 Å². The molecule has 0 unspecified atom stereocenters. The fourth-order valence-corrected chi connectivity index (χ4v) is 3.65. The molecule has 0 N–H and O–H groups in total. The van der Waals surface area contributed by atoms with Gasteiger partial charge in [-0.25, -0.2) is 4.68 Å². The first-order chi connectivity index (χ1) is 10.9. The highest BCUT2D eigenvalue weighted by Gasteiger charge is 2.48.